The van der Waals surface area contributed by atoms with Gasteiger partial charge in [-0.2, -0.15) is 8.42 Å². The van der Waals surface area contributed by atoms with Crippen molar-refractivity contribution in [3.05, 3.63) is 33.9 Å². The van der Waals surface area contributed by atoms with Gasteiger partial charge in [0.1, 0.15) is 0 Å². The Morgan fingerprint density at radius 2 is 2.14 bits per heavy atom. The summed E-state index contributed by atoms with van der Waals surface area (Å²) in [6, 6.07) is 3.17. The molecule has 0 aliphatic carbocycles. The Balaban J connectivity index is 2.36. The highest BCUT2D eigenvalue weighted by molar-refractivity contribution is 7.85. The first-order valence-corrected chi connectivity index (χ1v) is 7.59. The van der Waals surface area contributed by atoms with Crippen LogP contribution in [0.5, 0.6) is 0 Å². The van der Waals surface area contributed by atoms with E-state index in [1.165, 1.54) is 0 Å². The molecule has 1 heterocycles. The summed E-state index contributed by atoms with van der Waals surface area (Å²) in [4.78, 5) is 9.80. The number of nitro benzene ring substituents is 1. The van der Waals surface area contributed by atoms with Crippen LogP contribution in [0, 0.1) is 10.1 Å². The fourth-order valence-corrected chi connectivity index (χ4v) is 2.91. The first kappa shape index (κ1) is 15.8. The predicted octanol–water partition coefficient (Wildman–Crippen LogP) is 1.54. The van der Waals surface area contributed by atoms with Crippen molar-refractivity contribution in [2.45, 2.75) is 37.1 Å². The summed E-state index contributed by atoms with van der Waals surface area (Å²) in [5, 5.41) is 10.8. The van der Waals surface area contributed by atoms with Gasteiger partial charge < -0.3 is 9.47 Å². The molecule has 1 aromatic carbocycles. The van der Waals surface area contributed by atoms with Crippen LogP contribution in [0.4, 0.5) is 5.69 Å². The zero-order valence-corrected chi connectivity index (χ0v) is 12.3. The Kier molecular flexibility index (Phi) is 4.02. The number of ether oxygens (including phenoxy) is 2. The highest BCUT2D eigenvalue weighted by atomic mass is 32.2. The molecule has 116 valence electrons. The lowest BCUT2D eigenvalue weighted by Crippen LogP contribution is -2.23. The Hall–Kier alpha value is -1.55. The van der Waals surface area contributed by atoms with Crippen LogP contribution in [0.15, 0.2) is 23.1 Å². The van der Waals surface area contributed by atoms with Gasteiger partial charge in [0.05, 0.1) is 22.5 Å². The molecule has 2 rings (SSSR count). The van der Waals surface area contributed by atoms with E-state index in [2.05, 4.69) is 0 Å². The van der Waals surface area contributed by atoms with Gasteiger partial charge in [-0.05, 0) is 25.5 Å². The van der Waals surface area contributed by atoms with Crippen molar-refractivity contribution in [2.75, 3.05) is 6.61 Å². The Labute approximate surface area is 121 Å². The Bertz CT molecular complexity index is 668. The van der Waals surface area contributed by atoms with Crippen molar-refractivity contribution in [3.63, 3.8) is 0 Å². The topological polar surface area (TPSA) is 116 Å². The molecular weight excluding hydrogens is 302 g/mol. The predicted molar refractivity (Wildman–Crippen MR) is 71.5 cm³/mol. The molecule has 8 nitrogen and oxygen atoms in total. The number of hydrogen-bond acceptors (Lipinski definition) is 6. The van der Waals surface area contributed by atoms with Crippen LogP contribution in [0.2, 0.25) is 0 Å². The summed E-state index contributed by atoms with van der Waals surface area (Å²) in [5.74, 6) is -0.788. The largest absolute Gasteiger partial charge is 0.348 e. The molecule has 0 bridgehead atoms. The van der Waals surface area contributed by atoms with E-state index >= 15 is 0 Å². The fourth-order valence-electron chi connectivity index (χ4n) is 2.20. The quantitative estimate of drug-likeness (QED) is 0.508. The molecule has 1 aromatic rings. The molecule has 1 unspecified atom stereocenters. The third-order valence-corrected chi connectivity index (χ3v) is 4.00. The minimum Gasteiger partial charge on any atom is -0.348 e. The molecule has 1 fully saturated rings. The van der Waals surface area contributed by atoms with E-state index in [1.807, 2.05) is 0 Å². The summed E-state index contributed by atoms with van der Waals surface area (Å²) in [7, 11) is -4.47. The van der Waals surface area contributed by atoms with Gasteiger partial charge in [0.25, 0.3) is 15.8 Å². The van der Waals surface area contributed by atoms with E-state index in [0.29, 0.717) is 0 Å². The molecule has 0 spiro atoms. The van der Waals surface area contributed by atoms with Gasteiger partial charge in [0.15, 0.2) is 5.79 Å². The van der Waals surface area contributed by atoms with E-state index in [1.54, 1.807) is 13.8 Å². The van der Waals surface area contributed by atoms with Crippen LogP contribution in [-0.2, 0) is 26.0 Å². The smallest absolute Gasteiger partial charge is 0.294 e. The molecular formula is C12H15NO7S. The first-order valence-electron chi connectivity index (χ1n) is 6.15. The zero-order valence-electron chi connectivity index (χ0n) is 11.5. The summed E-state index contributed by atoms with van der Waals surface area (Å²) >= 11 is 0. The first-order chi connectivity index (χ1) is 9.58. The highest BCUT2D eigenvalue weighted by Gasteiger charge is 2.34. The van der Waals surface area contributed by atoms with Crippen molar-refractivity contribution >= 4 is 15.8 Å². The van der Waals surface area contributed by atoms with Crippen LogP contribution in [0.3, 0.4) is 0 Å². The summed E-state index contributed by atoms with van der Waals surface area (Å²) in [6.07, 6.45) is -0.359. The lowest BCUT2D eigenvalue weighted by molar-refractivity contribution is -0.385. The number of nitrogens with zero attached hydrogens (tertiary/aromatic N) is 1. The highest BCUT2D eigenvalue weighted by Crippen LogP contribution is 2.28. The molecule has 0 aromatic heterocycles. The number of benzene rings is 1. The molecule has 21 heavy (non-hydrogen) atoms. The normalized spacial score (nSPS) is 21.4. The van der Waals surface area contributed by atoms with Gasteiger partial charge in [0, 0.05) is 18.6 Å². The maximum atomic E-state index is 11.3. The van der Waals surface area contributed by atoms with Gasteiger partial charge >= 0.3 is 0 Å². The molecule has 0 radical (unpaired) electrons. The van der Waals surface area contributed by atoms with Gasteiger partial charge in [-0.1, -0.05) is 0 Å². The van der Waals surface area contributed by atoms with Gasteiger partial charge in [-0.3, -0.25) is 14.7 Å². The second kappa shape index (κ2) is 5.34. The van der Waals surface area contributed by atoms with Crippen LogP contribution < -0.4 is 0 Å². The van der Waals surface area contributed by atoms with Crippen molar-refractivity contribution in [2.24, 2.45) is 0 Å². The zero-order chi connectivity index (χ0) is 15.8. The van der Waals surface area contributed by atoms with Gasteiger partial charge in [0.2, 0.25) is 0 Å². The average molecular weight is 317 g/mol. The molecule has 1 aliphatic heterocycles. The molecule has 9 heteroatoms. The standard InChI is InChI=1S/C12H15NO7S/c1-12(2)19-7-10(20-12)6-8-5-9(13(14)15)3-4-11(8)21(16,17)18/h3-5,10H,6-7H2,1-2H3,(H,16,17,18). The average Bonchev–Trinajstić information content (AvgIpc) is 2.67. The monoisotopic (exact) mass is 317 g/mol. The summed E-state index contributed by atoms with van der Waals surface area (Å²) in [6.45, 7) is 3.66. The minimum atomic E-state index is -4.47. The van der Waals surface area contributed by atoms with Crippen molar-refractivity contribution < 1.29 is 27.4 Å². The Morgan fingerprint density at radius 1 is 1.48 bits per heavy atom. The molecule has 0 amide bonds. The molecule has 0 saturated carbocycles. The van der Waals surface area contributed by atoms with Gasteiger partial charge in [-0.15, -0.1) is 0 Å². The van der Waals surface area contributed by atoms with Crippen LogP contribution in [0.1, 0.15) is 19.4 Å². The Morgan fingerprint density at radius 3 is 2.62 bits per heavy atom. The van der Waals surface area contributed by atoms with E-state index in [4.69, 9.17) is 9.47 Å². The maximum Gasteiger partial charge on any atom is 0.294 e. The van der Waals surface area contributed by atoms with Crippen molar-refractivity contribution in [1.82, 2.24) is 0 Å². The second-order valence-corrected chi connectivity index (χ2v) is 6.57. The van der Waals surface area contributed by atoms with Crippen LogP contribution >= 0.6 is 0 Å². The van der Waals surface area contributed by atoms with Gasteiger partial charge in [-0.25, -0.2) is 0 Å². The van der Waals surface area contributed by atoms with Crippen LogP contribution in [0.25, 0.3) is 0 Å². The van der Waals surface area contributed by atoms with Crippen LogP contribution in [-0.4, -0.2) is 36.4 Å². The third kappa shape index (κ3) is 3.76. The number of non-ortho nitro benzene ring substituents is 1. The molecule has 1 N–H and O–H groups in total. The molecule has 1 saturated heterocycles. The third-order valence-electron chi connectivity index (χ3n) is 3.05. The number of nitro groups is 1. The lowest BCUT2D eigenvalue weighted by Gasteiger charge is -2.17. The van der Waals surface area contributed by atoms with E-state index in [-0.39, 0.29) is 29.2 Å². The number of hydrogen-bond donors (Lipinski definition) is 1. The maximum absolute atomic E-state index is 11.3. The van der Waals surface area contributed by atoms with Crippen molar-refractivity contribution in [3.8, 4) is 0 Å². The van der Waals surface area contributed by atoms with E-state index < -0.39 is 26.9 Å². The van der Waals surface area contributed by atoms with E-state index in [0.717, 1.165) is 18.2 Å². The summed E-state index contributed by atoms with van der Waals surface area (Å²) < 4.78 is 42.8. The number of rotatable bonds is 4. The summed E-state index contributed by atoms with van der Waals surface area (Å²) in [5.41, 5.74) is -0.131. The minimum absolute atomic E-state index is 0.0836. The van der Waals surface area contributed by atoms with E-state index in [9.17, 15) is 23.1 Å². The second-order valence-electron chi connectivity index (χ2n) is 5.18. The fraction of sp³-hybridized carbons (Fsp3) is 0.500. The lowest BCUT2D eigenvalue weighted by atomic mass is 10.1. The van der Waals surface area contributed by atoms with Crippen molar-refractivity contribution in [1.29, 1.82) is 0 Å². The molecule has 1 aliphatic rings. The SMILES string of the molecule is CC1(C)OCC(Cc2cc([N+](=O)[O-])ccc2S(=O)(=O)O)O1. The molecule has 1 atom stereocenters.